The Balaban J connectivity index is 0.00000417. The molecule has 0 aliphatic carbocycles. The van der Waals surface area contributed by atoms with E-state index in [4.69, 9.17) is 14.5 Å². The molecule has 46 heavy (non-hydrogen) atoms. The van der Waals surface area contributed by atoms with Crippen molar-refractivity contribution in [1.82, 2.24) is 14.9 Å². The number of nitrogens with one attached hydrogen (secondary N) is 1. The summed E-state index contributed by atoms with van der Waals surface area (Å²) in [7, 11) is 0. The first-order chi connectivity index (χ1) is 21.9. The fourth-order valence-electron chi connectivity index (χ4n) is 6.64. The second-order valence-corrected chi connectivity index (χ2v) is 12.0. The van der Waals surface area contributed by atoms with E-state index in [0.717, 1.165) is 63.5 Å². The number of aryl methyl sites for hydroxylation is 2. The molecule has 0 bridgehead atoms. The van der Waals surface area contributed by atoms with Crippen LogP contribution in [0, 0.1) is 19.8 Å². The Labute approximate surface area is 293 Å². The van der Waals surface area contributed by atoms with Crippen molar-refractivity contribution in [3.63, 3.8) is 0 Å². The SMILES string of the molecule is CCCC(=O)Oc1c(C)nc2c(c1C)c1ccccc1n2Cc1ccc(C(C(=O)NCc2ccccc2)C2CCOCC2)cc1.[Na]. The number of para-hydroxylation sites is 1. The van der Waals surface area contributed by atoms with E-state index in [1.165, 1.54) is 0 Å². The molecule has 1 unspecified atom stereocenters. The number of hydrogen-bond acceptors (Lipinski definition) is 5. The van der Waals surface area contributed by atoms with E-state index in [0.29, 0.717) is 44.2 Å². The number of esters is 1. The summed E-state index contributed by atoms with van der Waals surface area (Å²) in [5, 5.41) is 5.28. The number of hydrogen-bond donors (Lipinski definition) is 1. The summed E-state index contributed by atoms with van der Waals surface area (Å²) in [6, 6.07) is 26.8. The Hall–Kier alpha value is -3.49. The summed E-state index contributed by atoms with van der Waals surface area (Å²) in [5.41, 5.74) is 6.80. The van der Waals surface area contributed by atoms with Gasteiger partial charge in [0.05, 0.1) is 17.1 Å². The number of pyridine rings is 1. The molecule has 1 saturated heterocycles. The largest absolute Gasteiger partial charge is 0.424 e. The summed E-state index contributed by atoms with van der Waals surface area (Å²) in [5.74, 6) is 0.375. The quantitative estimate of drug-likeness (QED) is 0.133. The monoisotopic (exact) mass is 626 g/mol. The van der Waals surface area contributed by atoms with Crippen LogP contribution in [0.4, 0.5) is 0 Å². The second-order valence-electron chi connectivity index (χ2n) is 12.0. The maximum Gasteiger partial charge on any atom is 0.311 e. The van der Waals surface area contributed by atoms with Gasteiger partial charge in [0, 0.05) is 78.6 Å². The standard InChI is InChI=1S/C38H41N3O4.Na/c1-4-10-33(42)45-36-25(2)34-31-13-8-9-14-32(31)41(37(34)40-26(36)3)24-28-15-17-29(18-16-28)35(30-19-21-44-22-20-30)38(43)39-23-27-11-6-5-7-12-27;/h5-9,11-18,30,35H,4,10,19-24H2,1-3H3,(H,39,43);. The molecule has 7 nitrogen and oxygen atoms in total. The predicted molar refractivity (Wildman–Crippen MR) is 183 cm³/mol. The molecule has 8 heteroatoms. The van der Waals surface area contributed by atoms with Crippen molar-refractivity contribution in [2.75, 3.05) is 13.2 Å². The molecule has 6 rings (SSSR count). The maximum absolute atomic E-state index is 13.6. The molecule has 1 radical (unpaired) electrons. The van der Waals surface area contributed by atoms with Gasteiger partial charge >= 0.3 is 5.97 Å². The molecule has 233 valence electrons. The molecule has 1 fully saturated rings. The number of benzene rings is 3. The number of amides is 1. The fraction of sp³-hybridized carbons (Fsp3) is 0.342. The van der Waals surface area contributed by atoms with Crippen LogP contribution in [0.25, 0.3) is 21.9 Å². The third kappa shape index (κ3) is 7.23. The van der Waals surface area contributed by atoms with Crippen molar-refractivity contribution in [2.24, 2.45) is 5.92 Å². The number of rotatable bonds is 10. The van der Waals surface area contributed by atoms with E-state index in [2.05, 4.69) is 46.3 Å². The molecule has 1 atom stereocenters. The Bertz CT molecular complexity index is 1810. The fourth-order valence-corrected chi connectivity index (χ4v) is 6.64. The molecule has 1 aliphatic rings. The molecular formula is C38H41N3NaO4. The second kappa shape index (κ2) is 15.4. The van der Waals surface area contributed by atoms with Gasteiger partial charge in [0.2, 0.25) is 5.91 Å². The number of fused-ring (bicyclic) bond motifs is 3. The molecule has 3 heterocycles. The van der Waals surface area contributed by atoms with Gasteiger partial charge in [-0.3, -0.25) is 9.59 Å². The zero-order chi connectivity index (χ0) is 31.3. The van der Waals surface area contributed by atoms with Crippen LogP contribution in [0.5, 0.6) is 5.75 Å². The van der Waals surface area contributed by atoms with Crippen molar-refractivity contribution >= 4 is 63.4 Å². The van der Waals surface area contributed by atoms with Crippen LogP contribution in [0.15, 0.2) is 78.9 Å². The number of carbonyl (C=O) groups is 2. The molecule has 3 aromatic carbocycles. The van der Waals surface area contributed by atoms with Crippen molar-refractivity contribution in [3.05, 3.63) is 107 Å². The molecule has 0 saturated carbocycles. The summed E-state index contributed by atoms with van der Waals surface area (Å²) >= 11 is 0. The molecular weight excluding hydrogens is 585 g/mol. The Kier molecular flexibility index (Phi) is 11.3. The Morgan fingerprint density at radius 2 is 1.65 bits per heavy atom. The van der Waals surface area contributed by atoms with Gasteiger partial charge in [-0.05, 0) is 61.8 Å². The molecule has 0 spiro atoms. The number of ether oxygens (including phenoxy) is 2. The third-order valence-electron chi connectivity index (χ3n) is 8.94. The van der Waals surface area contributed by atoms with Crippen LogP contribution >= 0.6 is 0 Å². The van der Waals surface area contributed by atoms with E-state index >= 15 is 0 Å². The molecule has 5 aromatic rings. The van der Waals surface area contributed by atoms with Crippen LogP contribution in [-0.4, -0.2) is 64.2 Å². The zero-order valence-corrected chi connectivity index (χ0v) is 29.3. The van der Waals surface area contributed by atoms with Crippen molar-refractivity contribution in [3.8, 4) is 5.75 Å². The first-order valence-electron chi connectivity index (χ1n) is 16.0. The molecule has 1 amide bonds. The predicted octanol–water partition coefficient (Wildman–Crippen LogP) is 7.01. The Morgan fingerprint density at radius 1 is 0.957 bits per heavy atom. The summed E-state index contributed by atoms with van der Waals surface area (Å²) < 4.78 is 13.7. The smallest absolute Gasteiger partial charge is 0.311 e. The minimum absolute atomic E-state index is 0. The van der Waals surface area contributed by atoms with Gasteiger partial charge < -0.3 is 19.4 Å². The van der Waals surface area contributed by atoms with Gasteiger partial charge in [-0.25, -0.2) is 4.98 Å². The van der Waals surface area contributed by atoms with Crippen molar-refractivity contribution in [1.29, 1.82) is 0 Å². The van der Waals surface area contributed by atoms with Crippen LogP contribution < -0.4 is 10.1 Å². The first kappa shape index (κ1) is 33.9. The van der Waals surface area contributed by atoms with Gasteiger partial charge in [0.25, 0.3) is 0 Å². The van der Waals surface area contributed by atoms with E-state index < -0.39 is 0 Å². The van der Waals surface area contributed by atoms with Crippen LogP contribution in [0.2, 0.25) is 0 Å². The summed E-state index contributed by atoms with van der Waals surface area (Å²) in [6.07, 6.45) is 2.84. The van der Waals surface area contributed by atoms with Gasteiger partial charge in [0.15, 0.2) is 5.75 Å². The summed E-state index contributed by atoms with van der Waals surface area (Å²) in [6.45, 7) is 8.38. The number of carbonyl (C=O) groups excluding carboxylic acids is 2. The van der Waals surface area contributed by atoms with E-state index in [-0.39, 0.29) is 53.3 Å². The number of aromatic nitrogens is 2. The molecule has 1 aliphatic heterocycles. The van der Waals surface area contributed by atoms with Gasteiger partial charge in [-0.1, -0.05) is 79.7 Å². The molecule has 1 N–H and O–H groups in total. The average molecular weight is 627 g/mol. The maximum atomic E-state index is 13.6. The van der Waals surface area contributed by atoms with Gasteiger partial charge in [-0.2, -0.15) is 0 Å². The van der Waals surface area contributed by atoms with E-state index in [1.54, 1.807) is 0 Å². The van der Waals surface area contributed by atoms with Gasteiger partial charge in [0.1, 0.15) is 5.65 Å². The number of nitrogens with zero attached hydrogens (tertiary/aromatic N) is 2. The minimum Gasteiger partial charge on any atom is -0.424 e. The van der Waals surface area contributed by atoms with E-state index in [9.17, 15) is 9.59 Å². The average Bonchev–Trinajstić information content (AvgIpc) is 3.37. The van der Waals surface area contributed by atoms with Crippen LogP contribution in [0.1, 0.15) is 66.5 Å². The van der Waals surface area contributed by atoms with Crippen molar-refractivity contribution < 1.29 is 19.1 Å². The van der Waals surface area contributed by atoms with Crippen LogP contribution in [-0.2, 0) is 27.4 Å². The zero-order valence-electron chi connectivity index (χ0n) is 27.3. The molecule has 2 aromatic heterocycles. The van der Waals surface area contributed by atoms with E-state index in [1.807, 2.05) is 63.2 Å². The van der Waals surface area contributed by atoms with Crippen LogP contribution in [0.3, 0.4) is 0 Å². The van der Waals surface area contributed by atoms with Gasteiger partial charge in [-0.15, -0.1) is 0 Å². The third-order valence-corrected chi connectivity index (χ3v) is 8.94. The minimum atomic E-state index is -0.235. The normalized spacial score (nSPS) is 14.2. The first-order valence-corrected chi connectivity index (χ1v) is 16.0. The van der Waals surface area contributed by atoms with Crippen molar-refractivity contribution in [2.45, 2.75) is 65.5 Å². The topological polar surface area (TPSA) is 82.5 Å². The summed E-state index contributed by atoms with van der Waals surface area (Å²) in [4.78, 5) is 31.0. The Morgan fingerprint density at radius 3 is 2.37 bits per heavy atom.